The Hall–Kier alpha value is -1.29. The summed E-state index contributed by atoms with van der Waals surface area (Å²) in [4.78, 5) is 11.9. The van der Waals surface area contributed by atoms with Crippen molar-refractivity contribution in [1.82, 2.24) is 10.6 Å². The minimum absolute atomic E-state index is 0.0325. The molecule has 0 aliphatic heterocycles. The standard InChI is InChI=1S/C15H26N2O2/c1-5-6-7-10-16-15(18)13(4)17-12(3)14-9-8-11(2)19-14/h8-9,12-13,17H,5-7,10H2,1-4H3,(H,16,18). The van der Waals surface area contributed by atoms with Crippen LogP contribution in [0.3, 0.4) is 0 Å². The molecule has 0 fully saturated rings. The summed E-state index contributed by atoms with van der Waals surface area (Å²) >= 11 is 0. The van der Waals surface area contributed by atoms with Crippen LogP contribution in [0.5, 0.6) is 0 Å². The Morgan fingerprint density at radius 2 is 2.05 bits per heavy atom. The van der Waals surface area contributed by atoms with Gasteiger partial charge in [0.1, 0.15) is 11.5 Å². The molecule has 2 N–H and O–H groups in total. The second-order valence-electron chi connectivity index (χ2n) is 5.06. The Bertz CT molecular complexity index is 387. The number of unbranched alkanes of at least 4 members (excludes halogenated alkanes) is 2. The van der Waals surface area contributed by atoms with Gasteiger partial charge >= 0.3 is 0 Å². The van der Waals surface area contributed by atoms with Crippen molar-refractivity contribution in [3.05, 3.63) is 23.7 Å². The number of carbonyl (C=O) groups is 1. The molecule has 1 amide bonds. The molecule has 1 aromatic heterocycles. The minimum atomic E-state index is -0.220. The number of nitrogens with one attached hydrogen (secondary N) is 2. The molecule has 0 saturated carbocycles. The lowest BCUT2D eigenvalue weighted by molar-refractivity contribution is -0.122. The van der Waals surface area contributed by atoms with E-state index in [1.807, 2.05) is 32.9 Å². The fourth-order valence-electron chi connectivity index (χ4n) is 1.96. The quantitative estimate of drug-likeness (QED) is 0.711. The van der Waals surface area contributed by atoms with E-state index in [0.717, 1.165) is 30.9 Å². The molecule has 2 atom stereocenters. The molecule has 0 bridgehead atoms. The Balaban J connectivity index is 2.33. The van der Waals surface area contributed by atoms with E-state index in [0.29, 0.717) is 0 Å². The van der Waals surface area contributed by atoms with Gasteiger partial charge < -0.3 is 9.73 Å². The van der Waals surface area contributed by atoms with Crippen LogP contribution >= 0.6 is 0 Å². The first kappa shape index (κ1) is 15.8. The number of hydrogen-bond acceptors (Lipinski definition) is 3. The van der Waals surface area contributed by atoms with E-state index in [4.69, 9.17) is 4.42 Å². The Morgan fingerprint density at radius 3 is 2.63 bits per heavy atom. The Kier molecular flexibility index (Phi) is 6.64. The third kappa shape index (κ3) is 5.47. The summed E-state index contributed by atoms with van der Waals surface area (Å²) in [5, 5.41) is 6.19. The molecule has 4 nitrogen and oxygen atoms in total. The molecular weight excluding hydrogens is 240 g/mol. The zero-order valence-corrected chi connectivity index (χ0v) is 12.5. The van der Waals surface area contributed by atoms with Gasteiger partial charge in [-0.2, -0.15) is 0 Å². The summed E-state index contributed by atoms with van der Waals surface area (Å²) in [6.45, 7) is 8.70. The second-order valence-corrected chi connectivity index (χ2v) is 5.06. The van der Waals surface area contributed by atoms with Crippen molar-refractivity contribution in [2.45, 2.75) is 59.0 Å². The summed E-state index contributed by atoms with van der Waals surface area (Å²) in [6.07, 6.45) is 3.37. The van der Waals surface area contributed by atoms with E-state index in [1.165, 1.54) is 6.42 Å². The topological polar surface area (TPSA) is 54.3 Å². The predicted octanol–water partition coefficient (Wildman–Crippen LogP) is 2.93. The Labute approximate surface area is 116 Å². The first-order valence-corrected chi connectivity index (χ1v) is 7.14. The highest BCUT2D eigenvalue weighted by atomic mass is 16.3. The number of rotatable bonds is 8. The van der Waals surface area contributed by atoms with Crippen molar-refractivity contribution in [3.63, 3.8) is 0 Å². The summed E-state index contributed by atoms with van der Waals surface area (Å²) in [6, 6.07) is 3.69. The van der Waals surface area contributed by atoms with Crippen LogP contribution in [0.4, 0.5) is 0 Å². The van der Waals surface area contributed by atoms with Gasteiger partial charge in [-0.25, -0.2) is 0 Å². The van der Waals surface area contributed by atoms with Gasteiger partial charge in [0.15, 0.2) is 0 Å². The van der Waals surface area contributed by atoms with Crippen molar-refractivity contribution in [2.75, 3.05) is 6.54 Å². The molecule has 0 saturated heterocycles. The van der Waals surface area contributed by atoms with E-state index in [9.17, 15) is 4.79 Å². The summed E-state index contributed by atoms with van der Waals surface area (Å²) in [5.41, 5.74) is 0. The van der Waals surface area contributed by atoms with Crippen LogP contribution in [0.25, 0.3) is 0 Å². The van der Waals surface area contributed by atoms with Gasteiger partial charge in [-0.05, 0) is 39.3 Å². The maximum absolute atomic E-state index is 11.9. The molecule has 1 aromatic rings. The maximum atomic E-state index is 11.9. The lowest BCUT2D eigenvalue weighted by Gasteiger charge is -2.18. The van der Waals surface area contributed by atoms with E-state index >= 15 is 0 Å². The first-order chi connectivity index (χ1) is 9.04. The Morgan fingerprint density at radius 1 is 1.32 bits per heavy atom. The molecule has 0 aliphatic carbocycles. The third-order valence-electron chi connectivity index (χ3n) is 3.16. The maximum Gasteiger partial charge on any atom is 0.236 e. The van der Waals surface area contributed by atoms with Gasteiger partial charge in [-0.3, -0.25) is 10.1 Å². The molecule has 0 spiro atoms. The van der Waals surface area contributed by atoms with Crippen LogP contribution in [-0.4, -0.2) is 18.5 Å². The summed E-state index contributed by atoms with van der Waals surface area (Å²) < 4.78 is 5.54. The zero-order chi connectivity index (χ0) is 14.3. The van der Waals surface area contributed by atoms with Crippen molar-refractivity contribution in [2.24, 2.45) is 0 Å². The average Bonchev–Trinajstić information content (AvgIpc) is 2.81. The lowest BCUT2D eigenvalue weighted by atomic mass is 10.2. The number of aryl methyl sites for hydroxylation is 1. The number of hydrogen-bond donors (Lipinski definition) is 2. The van der Waals surface area contributed by atoms with Crippen molar-refractivity contribution < 1.29 is 9.21 Å². The smallest absolute Gasteiger partial charge is 0.236 e. The molecule has 19 heavy (non-hydrogen) atoms. The zero-order valence-electron chi connectivity index (χ0n) is 12.5. The van der Waals surface area contributed by atoms with Crippen LogP contribution < -0.4 is 10.6 Å². The molecule has 4 heteroatoms. The SMILES string of the molecule is CCCCCNC(=O)C(C)NC(C)c1ccc(C)o1. The highest BCUT2D eigenvalue weighted by molar-refractivity contribution is 5.81. The summed E-state index contributed by atoms with van der Waals surface area (Å²) in [7, 11) is 0. The first-order valence-electron chi connectivity index (χ1n) is 7.14. The van der Waals surface area contributed by atoms with Crippen LogP contribution in [-0.2, 0) is 4.79 Å². The third-order valence-corrected chi connectivity index (χ3v) is 3.16. The normalized spacial score (nSPS) is 14.1. The van der Waals surface area contributed by atoms with E-state index in [-0.39, 0.29) is 18.0 Å². The van der Waals surface area contributed by atoms with Gasteiger partial charge in [-0.1, -0.05) is 19.8 Å². The van der Waals surface area contributed by atoms with Crippen LogP contribution in [0.2, 0.25) is 0 Å². The monoisotopic (exact) mass is 266 g/mol. The molecule has 2 unspecified atom stereocenters. The molecule has 1 heterocycles. The van der Waals surface area contributed by atoms with Crippen LogP contribution in [0, 0.1) is 6.92 Å². The van der Waals surface area contributed by atoms with Gasteiger partial charge in [0.2, 0.25) is 5.91 Å². The molecule has 108 valence electrons. The van der Waals surface area contributed by atoms with Crippen LogP contribution in [0.1, 0.15) is 57.6 Å². The predicted molar refractivity (Wildman–Crippen MR) is 77.0 cm³/mol. The van der Waals surface area contributed by atoms with Crippen LogP contribution in [0.15, 0.2) is 16.5 Å². The lowest BCUT2D eigenvalue weighted by Crippen LogP contribution is -2.43. The fraction of sp³-hybridized carbons (Fsp3) is 0.667. The van der Waals surface area contributed by atoms with Gasteiger partial charge in [0, 0.05) is 6.54 Å². The minimum Gasteiger partial charge on any atom is -0.465 e. The number of furan rings is 1. The molecular formula is C15H26N2O2. The summed E-state index contributed by atoms with van der Waals surface area (Å²) in [5.74, 6) is 1.80. The number of amides is 1. The van der Waals surface area contributed by atoms with E-state index < -0.39 is 0 Å². The molecule has 0 aromatic carbocycles. The largest absolute Gasteiger partial charge is 0.465 e. The molecule has 0 aliphatic rings. The fourth-order valence-corrected chi connectivity index (χ4v) is 1.96. The molecule has 0 radical (unpaired) electrons. The van der Waals surface area contributed by atoms with E-state index in [1.54, 1.807) is 0 Å². The van der Waals surface area contributed by atoms with Gasteiger partial charge in [0.05, 0.1) is 12.1 Å². The van der Waals surface area contributed by atoms with Gasteiger partial charge in [0.25, 0.3) is 0 Å². The second kappa shape index (κ2) is 8.00. The van der Waals surface area contributed by atoms with E-state index in [2.05, 4.69) is 17.6 Å². The van der Waals surface area contributed by atoms with Crippen molar-refractivity contribution >= 4 is 5.91 Å². The average molecular weight is 266 g/mol. The van der Waals surface area contributed by atoms with Gasteiger partial charge in [-0.15, -0.1) is 0 Å². The van der Waals surface area contributed by atoms with Crippen molar-refractivity contribution in [1.29, 1.82) is 0 Å². The highest BCUT2D eigenvalue weighted by Gasteiger charge is 2.17. The van der Waals surface area contributed by atoms with Crippen molar-refractivity contribution in [3.8, 4) is 0 Å². The highest BCUT2D eigenvalue weighted by Crippen LogP contribution is 2.15. The molecule has 1 rings (SSSR count). The number of carbonyl (C=O) groups excluding carboxylic acids is 1.